The first-order valence-corrected chi connectivity index (χ1v) is 7.04. The molecular formula is C16H17ClN2O2. The second-order valence-corrected chi connectivity index (χ2v) is 4.83. The lowest BCUT2D eigenvalue weighted by molar-refractivity contribution is 0.262. The Labute approximate surface area is 129 Å². The number of methoxy groups -OCH3 is 1. The Morgan fingerprint density at radius 2 is 1.86 bits per heavy atom. The van der Waals surface area contributed by atoms with Crippen LogP contribution >= 0.6 is 11.6 Å². The molecular weight excluding hydrogens is 288 g/mol. The summed E-state index contributed by atoms with van der Waals surface area (Å²) in [5.41, 5.74) is 3.29. The molecule has 0 heterocycles. The molecule has 2 amide bonds. The summed E-state index contributed by atoms with van der Waals surface area (Å²) in [4.78, 5) is 12.1. The molecule has 0 unspecified atom stereocenters. The zero-order valence-corrected chi connectivity index (χ0v) is 12.7. The van der Waals surface area contributed by atoms with Crippen molar-refractivity contribution in [1.82, 2.24) is 0 Å². The number of rotatable bonds is 4. The minimum atomic E-state index is -0.318. The highest BCUT2D eigenvalue weighted by atomic mass is 35.5. The maximum absolute atomic E-state index is 12.1. The van der Waals surface area contributed by atoms with Crippen molar-refractivity contribution in [3.8, 4) is 5.75 Å². The van der Waals surface area contributed by atoms with Gasteiger partial charge in [0.05, 0.1) is 12.8 Å². The number of alkyl halides is 1. The third kappa shape index (κ3) is 3.89. The number of carbonyl (C=O) groups is 1. The van der Waals surface area contributed by atoms with Crippen LogP contribution in [0.2, 0.25) is 0 Å². The van der Waals surface area contributed by atoms with Gasteiger partial charge in [-0.1, -0.05) is 24.3 Å². The van der Waals surface area contributed by atoms with Crippen LogP contribution in [0.4, 0.5) is 16.2 Å². The van der Waals surface area contributed by atoms with E-state index in [0.717, 1.165) is 16.8 Å². The van der Waals surface area contributed by atoms with E-state index in [-0.39, 0.29) is 6.03 Å². The molecule has 110 valence electrons. The van der Waals surface area contributed by atoms with Crippen molar-refractivity contribution in [3.63, 3.8) is 0 Å². The van der Waals surface area contributed by atoms with Gasteiger partial charge in [-0.15, -0.1) is 11.6 Å². The Hall–Kier alpha value is -2.20. The quantitative estimate of drug-likeness (QED) is 0.823. The average Bonchev–Trinajstić information content (AvgIpc) is 2.50. The van der Waals surface area contributed by atoms with Gasteiger partial charge in [0.1, 0.15) is 5.75 Å². The largest absolute Gasteiger partial charge is 0.495 e. The lowest BCUT2D eigenvalue weighted by Crippen LogP contribution is -2.20. The number of nitrogens with one attached hydrogen (secondary N) is 2. The lowest BCUT2D eigenvalue weighted by atomic mass is 10.2. The molecule has 21 heavy (non-hydrogen) atoms. The van der Waals surface area contributed by atoms with Gasteiger partial charge in [0.25, 0.3) is 0 Å². The van der Waals surface area contributed by atoms with E-state index in [0.29, 0.717) is 17.3 Å². The number of urea groups is 1. The minimum Gasteiger partial charge on any atom is -0.495 e. The van der Waals surface area contributed by atoms with Crippen LogP contribution in [0, 0.1) is 6.92 Å². The van der Waals surface area contributed by atoms with Crippen LogP contribution in [0.3, 0.4) is 0 Å². The van der Waals surface area contributed by atoms with E-state index in [1.165, 1.54) is 0 Å². The predicted octanol–water partition coefficient (Wildman–Crippen LogP) is 4.39. The van der Waals surface area contributed by atoms with Crippen LogP contribution in [-0.4, -0.2) is 13.1 Å². The summed E-state index contributed by atoms with van der Waals surface area (Å²) in [6.07, 6.45) is 0. The second-order valence-electron chi connectivity index (χ2n) is 4.56. The van der Waals surface area contributed by atoms with Gasteiger partial charge in [0.2, 0.25) is 0 Å². The number of para-hydroxylation sites is 1. The molecule has 0 aliphatic heterocycles. The van der Waals surface area contributed by atoms with Crippen LogP contribution in [0.15, 0.2) is 42.5 Å². The smallest absolute Gasteiger partial charge is 0.323 e. The third-order valence-electron chi connectivity index (χ3n) is 3.06. The molecule has 0 aliphatic rings. The molecule has 4 nitrogen and oxygen atoms in total. The molecule has 0 radical (unpaired) electrons. The third-order valence-corrected chi connectivity index (χ3v) is 3.37. The molecule has 0 atom stereocenters. The van der Waals surface area contributed by atoms with E-state index in [2.05, 4.69) is 10.6 Å². The Bertz CT molecular complexity index is 644. The highest BCUT2D eigenvalue weighted by Crippen LogP contribution is 2.26. The van der Waals surface area contributed by atoms with E-state index in [9.17, 15) is 4.79 Å². The average molecular weight is 305 g/mol. The van der Waals surface area contributed by atoms with Crippen molar-refractivity contribution in [2.24, 2.45) is 0 Å². The van der Waals surface area contributed by atoms with Gasteiger partial charge in [0, 0.05) is 11.6 Å². The molecule has 2 rings (SSSR count). The van der Waals surface area contributed by atoms with Gasteiger partial charge < -0.3 is 15.4 Å². The van der Waals surface area contributed by atoms with E-state index in [1.807, 2.05) is 37.3 Å². The highest BCUT2D eigenvalue weighted by molar-refractivity contribution is 6.17. The number of ether oxygens (including phenoxy) is 1. The predicted molar refractivity (Wildman–Crippen MR) is 86.4 cm³/mol. The molecule has 2 aromatic rings. The lowest BCUT2D eigenvalue weighted by Gasteiger charge is -2.13. The maximum atomic E-state index is 12.1. The molecule has 0 saturated carbocycles. The van der Waals surface area contributed by atoms with Crippen LogP contribution in [0.25, 0.3) is 0 Å². The molecule has 0 spiro atoms. The fraction of sp³-hybridized carbons (Fsp3) is 0.188. The molecule has 5 heteroatoms. The fourth-order valence-corrected chi connectivity index (χ4v) is 2.08. The highest BCUT2D eigenvalue weighted by Gasteiger charge is 2.09. The number of amides is 2. The van der Waals surface area contributed by atoms with Crippen molar-refractivity contribution in [2.75, 3.05) is 17.7 Å². The summed E-state index contributed by atoms with van der Waals surface area (Å²) in [6, 6.07) is 12.7. The summed E-state index contributed by atoms with van der Waals surface area (Å²) < 4.78 is 5.26. The SMILES string of the molecule is COc1cc(CCl)ccc1NC(=O)Nc1ccccc1C. The Kier molecular flexibility index (Phi) is 5.06. The molecule has 0 fully saturated rings. The molecule has 0 aromatic heterocycles. The topological polar surface area (TPSA) is 50.4 Å². The van der Waals surface area contributed by atoms with Crippen LogP contribution in [-0.2, 0) is 5.88 Å². The minimum absolute atomic E-state index is 0.318. The standard InChI is InChI=1S/C16H17ClN2O2/c1-11-5-3-4-6-13(11)18-16(20)19-14-8-7-12(10-17)9-15(14)21-2/h3-9H,10H2,1-2H3,(H2,18,19,20). The van der Waals surface area contributed by atoms with Gasteiger partial charge in [-0.05, 0) is 36.2 Å². The molecule has 0 saturated heterocycles. The molecule has 2 aromatic carbocycles. The maximum Gasteiger partial charge on any atom is 0.323 e. The first-order chi connectivity index (χ1) is 10.1. The Morgan fingerprint density at radius 1 is 1.14 bits per heavy atom. The summed E-state index contributed by atoms with van der Waals surface area (Å²) >= 11 is 5.78. The number of anilines is 2. The molecule has 0 aliphatic carbocycles. The van der Waals surface area contributed by atoms with E-state index < -0.39 is 0 Å². The van der Waals surface area contributed by atoms with E-state index in [4.69, 9.17) is 16.3 Å². The van der Waals surface area contributed by atoms with Gasteiger partial charge in [-0.2, -0.15) is 0 Å². The second kappa shape index (κ2) is 6.99. The fourth-order valence-electron chi connectivity index (χ4n) is 1.91. The monoisotopic (exact) mass is 304 g/mol. The number of carbonyl (C=O) groups excluding carboxylic acids is 1. The van der Waals surface area contributed by atoms with Crippen LogP contribution in [0.5, 0.6) is 5.75 Å². The molecule has 0 bridgehead atoms. The zero-order chi connectivity index (χ0) is 15.2. The van der Waals surface area contributed by atoms with Crippen molar-refractivity contribution in [1.29, 1.82) is 0 Å². The Balaban J connectivity index is 2.11. The zero-order valence-electron chi connectivity index (χ0n) is 11.9. The number of halogens is 1. The number of benzene rings is 2. The number of hydrogen-bond acceptors (Lipinski definition) is 2. The van der Waals surface area contributed by atoms with E-state index >= 15 is 0 Å². The van der Waals surface area contributed by atoms with E-state index in [1.54, 1.807) is 19.2 Å². The number of aryl methyl sites for hydroxylation is 1. The summed E-state index contributed by atoms with van der Waals surface area (Å²) in [5.74, 6) is 0.972. The first-order valence-electron chi connectivity index (χ1n) is 6.50. The number of hydrogen-bond donors (Lipinski definition) is 2. The van der Waals surface area contributed by atoms with Crippen molar-refractivity contribution in [2.45, 2.75) is 12.8 Å². The van der Waals surface area contributed by atoms with Gasteiger partial charge in [-0.3, -0.25) is 0 Å². The summed E-state index contributed by atoms with van der Waals surface area (Å²) in [5, 5.41) is 5.58. The molecule has 2 N–H and O–H groups in total. The Morgan fingerprint density at radius 3 is 2.52 bits per heavy atom. The van der Waals surface area contributed by atoms with Crippen molar-refractivity contribution in [3.05, 3.63) is 53.6 Å². The van der Waals surface area contributed by atoms with Crippen LogP contribution in [0.1, 0.15) is 11.1 Å². The van der Waals surface area contributed by atoms with Crippen molar-refractivity contribution < 1.29 is 9.53 Å². The van der Waals surface area contributed by atoms with Gasteiger partial charge in [0.15, 0.2) is 0 Å². The van der Waals surface area contributed by atoms with Gasteiger partial charge >= 0.3 is 6.03 Å². The summed E-state index contributed by atoms with van der Waals surface area (Å²) in [7, 11) is 1.55. The first kappa shape index (κ1) is 15.2. The normalized spacial score (nSPS) is 10.0. The van der Waals surface area contributed by atoms with Gasteiger partial charge in [-0.25, -0.2) is 4.79 Å². The van der Waals surface area contributed by atoms with Crippen molar-refractivity contribution >= 4 is 29.0 Å². The summed E-state index contributed by atoms with van der Waals surface area (Å²) in [6.45, 7) is 1.94. The van der Waals surface area contributed by atoms with Crippen LogP contribution < -0.4 is 15.4 Å².